The molecule has 0 radical (unpaired) electrons. The molecule has 0 N–H and O–H groups in total. The fourth-order valence-electron chi connectivity index (χ4n) is 0.936. The molecule has 1 atom stereocenters. The van der Waals surface area contributed by atoms with Crippen molar-refractivity contribution in [1.29, 1.82) is 0 Å². The van der Waals surface area contributed by atoms with Crippen LogP contribution in [0.25, 0.3) is 0 Å². The molecule has 1 aromatic carbocycles. The highest BCUT2D eigenvalue weighted by Gasteiger charge is 2.17. The fraction of sp³-hybridized carbons (Fsp3) is 0.143. The Kier molecular flexibility index (Phi) is 1.99. The molecular formula is C7H6ClO2P. The van der Waals surface area contributed by atoms with Gasteiger partial charge in [-0.25, -0.2) is 0 Å². The third-order valence-electron chi connectivity index (χ3n) is 1.46. The van der Waals surface area contributed by atoms with Crippen molar-refractivity contribution in [3.05, 3.63) is 29.8 Å². The maximum absolute atomic E-state index is 5.66. The number of fused-ring (bicyclic) bond motifs is 1. The van der Waals surface area contributed by atoms with E-state index in [0.29, 0.717) is 6.61 Å². The Morgan fingerprint density at radius 2 is 2.18 bits per heavy atom. The fourth-order valence-corrected chi connectivity index (χ4v) is 1.93. The molecule has 1 aliphatic heterocycles. The summed E-state index contributed by atoms with van der Waals surface area (Å²) in [6.45, 7) is 0.561. The molecule has 0 saturated heterocycles. The van der Waals surface area contributed by atoms with Crippen molar-refractivity contribution in [2.24, 2.45) is 0 Å². The molecule has 0 aromatic heterocycles. The first-order valence-electron chi connectivity index (χ1n) is 3.21. The molecule has 1 aromatic rings. The van der Waals surface area contributed by atoms with Crippen LogP contribution in [0.1, 0.15) is 5.56 Å². The normalized spacial score (nSPS) is 22.1. The van der Waals surface area contributed by atoms with E-state index in [-0.39, 0.29) is 0 Å². The Bertz CT molecular complexity index is 266. The average molecular weight is 189 g/mol. The Balaban J connectivity index is 2.34. The molecule has 1 unspecified atom stereocenters. The molecule has 0 aliphatic carbocycles. The van der Waals surface area contributed by atoms with Gasteiger partial charge in [0.1, 0.15) is 5.75 Å². The molecule has 4 heteroatoms. The van der Waals surface area contributed by atoms with Gasteiger partial charge in [-0.3, -0.25) is 0 Å². The first kappa shape index (κ1) is 7.35. The second-order valence-electron chi connectivity index (χ2n) is 2.18. The van der Waals surface area contributed by atoms with Crippen LogP contribution in [-0.2, 0) is 11.1 Å². The van der Waals surface area contributed by atoms with Gasteiger partial charge >= 0.3 is 7.73 Å². The second kappa shape index (κ2) is 2.98. The summed E-state index contributed by atoms with van der Waals surface area (Å²) < 4.78 is 10.4. The Labute approximate surface area is 70.8 Å². The molecule has 1 aliphatic rings. The minimum atomic E-state index is -1.21. The molecule has 0 spiro atoms. The Hall–Kier alpha value is -0.300. The maximum Gasteiger partial charge on any atom is 0.338 e. The zero-order chi connectivity index (χ0) is 7.68. The predicted octanol–water partition coefficient (Wildman–Crippen LogP) is 3.06. The summed E-state index contributed by atoms with van der Waals surface area (Å²) in [6.07, 6.45) is 0. The number of rotatable bonds is 0. The van der Waals surface area contributed by atoms with Gasteiger partial charge in [0.2, 0.25) is 0 Å². The van der Waals surface area contributed by atoms with Crippen molar-refractivity contribution >= 4 is 19.0 Å². The van der Waals surface area contributed by atoms with Crippen LogP contribution < -0.4 is 4.52 Å². The SMILES string of the molecule is ClP1OCc2ccccc2O1. The summed E-state index contributed by atoms with van der Waals surface area (Å²) in [5.41, 5.74) is 1.06. The van der Waals surface area contributed by atoms with Gasteiger partial charge in [0.15, 0.2) is 0 Å². The first-order valence-corrected chi connectivity index (χ1v) is 5.29. The largest absolute Gasteiger partial charge is 0.436 e. The van der Waals surface area contributed by atoms with Crippen LogP contribution in [0, 0.1) is 0 Å². The van der Waals surface area contributed by atoms with Crippen molar-refractivity contribution in [2.45, 2.75) is 6.61 Å². The first-order chi connectivity index (χ1) is 5.36. The third kappa shape index (κ3) is 1.48. The highest BCUT2D eigenvalue weighted by Crippen LogP contribution is 2.49. The molecule has 58 valence electrons. The lowest BCUT2D eigenvalue weighted by Crippen LogP contribution is -1.99. The van der Waals surface area contributed by atoms with E-state index >= 15 is 0 Å². The van der Waals surface area contributed by atoms with Crippen LogP contribution in [0.4, 0.5) is 0 Å². The van der Waals surface area contributed by atoms with Crippen LogP contribution in [-0.4, -0.2) is 0 Å². The summed E-state index contributed by atoms with van der Waals surface area (Å²) in [6, 6.07) is 7.74. The molecule has 0 fully saturated rings. The van der Waals surface area contributed by atoms with E-state index in [1.54, 1.807) is 0 Å². The summed E-state index contributed by atoms with van der Waals surface area (Å²) in [5, 5.41) is 0. The van der Waals surface area contributed by atoms with Gasteiger partial charge in [-0.15, -0.1) is 0 Å². The van der Waals surface area contributed by atoms with E-state index < -0.39 is 7.73 Å². The van der Waals surface area contributed by atoms with E-state index in [1.807, 2.05) is 24.3 Å². The minimum Gasteiger partial charge on any atom is -0.436 e. The lowest BCUT2D eigenvalue weighted by molar-refractivity contribution is 0.288. The monoisotopic (exact) mass is 188 g/mol. The van der Waals surface area contributed by atoms with Crippen molar-refractivity contribution < 1.29 is 9.05 Å². The van der Waals surface area contributed by atoms with Crippen LogP contribution in [0.3, 0.4) is 0 Å². The molecule has 0 amide bonds. The number of hydrogen-bond donors (Lipinski definition) is 0. The van der Waals surface area contributed by atoms with Crippen LogP contribution >= 0.6 is 19.0 Å². The van der Waals surface area contributed by atoms with Gasteiger partial charge in [0, 0.05) is 5.56 Å². The summed E-state index contributed by atoms with van der Waals surface area (Å²) in [5.74, 6) is 0.847. The summed E-state index contributed by atoms with van der Waals surface area (Å²) in [4.78, 5) is 0. The van der Waals surface area contributed by atoms with Crippen LogP contribution in [0.15, 0.2) is 24.3 Å². The molecule has 11 heavy (non-hydrogen) atoms. The van der Waals surface area contributed by atoms with E-state index in [9.17, 15) is 0 Å². The van der Waals surface area contributed by atoms with Gasteiger partial charge in [-0.1, -0.05) is 18.2 Å². The van der Waals surface area contributed by atoms with E-state index in [1.165, 1.54) is 0 Å². The highest BCUT2D eigenvalue weighted by atomic mass is 35.7. The van der Waals surface area contributed by atoms with Crippen molar-refractivity contribution in [2.75, 3.05) is 0 Å². The molecule has 2 rings (SSSR count). The zero-order valence-electron chi connectivity index (χ0n) is 5.66. The highest BCUT2D eigenvalue weighted by molar-refractivity contribution is 7.76. The number of benzene rings is 1. The van der Waals surface area contributed by atoms with Gasteiger partial charge in [-0.2, -0.15) is 0 Å². The van der Waals surface area contributed by atoms with Gasteiger partial charge in [-0.05, 0) is 17.3 Å². The summed E-state index contributed by atoms with van der Waals surface area (Å²) in [7, 11) is -1.21. The zero-order valence-corrected chi connectivity index (χ0v) is 7.31. The van der Waals surface area contributed by atoms with Crippen LogP contribution in [0.2, 0.25) is 0 Å². The molecular weight excluding hydrogens is 183 g/mol. The van der Waals surface area contributed by atoms with E-state index in [2.05, 4.69) is 0 Å². The standard InChI is InChI=1S/C7H6ClO2P/c8-11-9-5-6-3-1-2-4-7(6)10-11/h1-4H,5H2. The van der Waals surface area contributed by atoms with Crippen molar-refractivity contribution in [1.82, 2.24) is 0 Å². The van der Waals surface area contributed by atoms with E-state index in [4.69, 9.17) is 20.3 Å². The molecule has 1 heterocycles. The number of para-hydroxylation sites is 1. The Morgan fingerprint density at radius 1 is 1.36 bits per heavy atom. The maximum atomic E-state index is 5.66. The Morgan fingerprint density at radius 3 is 3.09 bits per heavy atom. The van der Waals surface area contributed by atoms with Gasteiger partial charge in [0.25, 0.3) is 0 Å². The minimum absolute atomic E-state index is 0.561. The quantitative estimate of drug-likeness (QED) is 0.583. The summed E-state index contributed by atoms with van der Waals surface area (Å²) >= 11 is 5.66. The smallest absolute Gasteiger partial charge is 0.338 e. The molecule has 2 nitrogen and oxygen atoms in total. The molecule has 0 saturated carbocycles. The second-order valence-corrected chi connectivity index (χ2v) is 3.88. The van der Waals surface area contributed by atoms with Crippen LogP contribution in [0.5, 0.6) is 5.75 Å². The third-order valence-corrected chi connectivity index (χ3v) is 2.64. The van der Waals surface area contributed by atoms with Gasteiger partial charge < -0.3 is 9.05 Å². The average Bonchev–Trinajstić information content (AvgIpc) is 2.04. The van der Waals surface area contributed by atoms with Crippen molar-refractivity contribution in [3.63, 3.8) is 0 Å². The van der Waals surface area contributed by atoms with Crippen molar-refractivity contribution in [3.8, 4) is 5.75 Å². The molecule has 0 bridgehead atoms. The topological polar surface area (TPSA) is 18.5 Å². The van der Waals surface area contributed by atoms with E-state index in [0.717, 1.165) is 11.3 Å². The lowest BCUT2D eigenvalue weighted by atomic mass is 10.2. The predicted molar refractivity (Wildman–Crippen MR) is 44.6 cm³/mol. The van der Waals surface area contributed by atoms with Gasteiger partial charge in [0.05, 0.1) is 6.61 Å². The number of hydrogen-bond acceptors (Lipinski definition) is 2. The number of halogens is 1. The lowest BCUT2D eigenvalue weighted by Gasteiger charge is -2.19.